The predicted molar refractivity (Wildman–Crippen MR) is 71.4 cm³/mol. The van der Waals surface area contributed by atoms with Crippen molar-refractivity contribution in [3.8, 4) is 0 Å². The van der Waals surface area contributed by atoms with Crippen LogP contribution in [0.3, 0.4) is 0 Å². The molecular formula is C13H22N4O2. The van der Waals surface area contributed by atoms with Crippen LogP contribution in [0.4, 0.5) is 0 Å². The smallest absolute Gasteiger partial charge is 0.233 e. The summed E-state index contributed by atoms with van der Waals surface area (Å²) in [6.45, 7) is 2.14. The van der Waals surface area contributed by atoms with Crippen LogP contribution in [0.15, 0.2) is 12.4 Å². The van der Waals surface area contributed by atoms with Gasteiger partial charge in [-0.2, -0.15) is 0 Å². The van der Waals surface area contributed by atoms with Crippen molar-refractivity contribution < 1.29 is 9.90 Å². The molecule has 1 aromatic heterocycles. The van der Waals surface area contributed by atoms with E-state index in [9.17, 15) is 9.90 Å². The Labute approximate surface area is 113 Å². The highest BCUT2D eigenvalue weighted by Crippen LogP contribution is 2.29. The van der Waals surface area contributed by atoms with Gasteiger partial charge in [0.05, 0.1) is 6.54 Å². The van der Waals surface area contributed by atoms with Crippen molar-refractivity contribution in [3.63, 3.8) is 0 Å². The van der Waals surface area contributed by atoms with Gasteiger partial charge in [-0.05, 0) is 31.8 Å². The number of imidazole rings is 1. The van der Waals surface area contributed by atoms with E-state index in [1.807, 2.05) is 17.8 Å². The summed E-state index contributed by atoms with van der Waals surface area (Å²) in [7, 11) is 3.55. The number of aromatic nitrogens is 2. The number of hydrogen-bond donors (Lipinski definition) is 2. The van der Waals surface area contributed by atoms with E-state index >= 15 is 0 Å². The summed E-state index contributed by atoms with van der Waals surface area (Å²) in [5.41, 5.74) is 0. The third-order valence-electron chi connectivity index (χ3n) is 3.85. The van der Waals surface area contributed by atoms with Crippen LogP contribution in [0, 0.1) is 5.92 Å². The molecule has 1 aliphatic heterocycles. The molecule has 1 unspecified atom stereocenters. The molecule has 0 bridgehead atoms. The summed E-state index contributed by atoms with van der Waals surface area (Å²) in [6, 6.07) is 0. The molecule has 0 spiro atoms. The second-order valence-electron chi connectivity index (χ2n) is 5.13. The second-order valence-corrected chi connectivity index (χ2v) is 5.13. The molecule has 106 valence electrons. The minimum absolute atomic E-state index is 0.0445. The maximum atomic E-state index is 11.3. The molecule has 0 aliphatic carbocycles. The van der Waals surface area contributed by atoms with Gasteiger partial charge in [0.15, 0.2) is 0 Å². The Morgan fingerprint density at radius 3 is 2.79 bits per heavy atom. The van der Waals surface area contributed by atoms with E-state index in [4.69, 9.17) is 0 Å². The van der Waals surface area contributed by atoms with Gasteiger partial charge in [-0.15, -0.1) is 0 Å². The molecule has 1 fully saturated rings. The number of aliphatic hydroxyl groups excluding tert-OH is 1. The molecule has 0 aromatic carbocycles. The van der Waals surface area contributed by atoms with E-state index in [0.717, 1.165) is 31.8 Å². The van der Waals surface area contributed by atoms with Gasteiger partial charge in [0, 0.05) is 26.5 Å². The number of piperidine rings is 1. The molecule has 6 nitrogen and oxygen atoms in total. The van der Waals surface area contributed by atoms with Crippen LogP contribution in [0.5, 0.6) is 0 Å². The molecule has 0 saturated carbocycles. The highest BCUT2D eigenvalue weighted by molar-refractivity contribution is 5.77. The van der Waals surface area contributed by atoms with Crippen molar-refractivity contribution in [1.29, 1.82) is 0 Å². The Morgan fingerprint density at radius 2 is 2.26 bits per heavy atom. The molecule has 19 heavy (non-hydrogen) atoms. The minimum Gasteiger partial charge on any atom is -0.385 e. The van der Waals surface area contributed by atoms with Crippen molar-refractivity contribution in [2.75, 3.05) is 26.7 Å². The number of likely N-dealkylation sites (N-methyl/N-ethyl adjacent to an activating group) is 1. The zero-order chi connectivity index (χ0) is 13.8. The van der Waals surface area contributed by atoms with Crippen molar-refractivity contribution in [1.82, 2.24) is 19.8 Å². The van der Waals surface area contributed by atoms with Gasteiger partial charge in [-0.25, -0.2) is 4.98 Å². The molecule has 1 saturated heterocycles. The van der Waals surface area contributed by atoms with Crippen LogP contribution in [-0.4, -0.2) is 52.1 Å². The minimum atomic E-state index is -0.512. The largest absolute Gasteiger partial charge is 0.385 e. The van der Waals surface area contributed by atoms with Crippen LogP contribution >= 0.6 is 0 Å². The van der Waals surface area contributed by atoms with Crippen LogP contribution in [0.2, 0.25) is 0 Å². The average Bonchev–Trinajstić information content (AvgIpc) is 2.85. The third-order valence-corrected chi connectivity index (χ3v) is 3.85. The fourth-order valence-corrected chi connectivity index (χ4v) is 2.58. The number of aliphatic hydroxyl groups is 1. The number of amides is 1. The first-order valence-electron chi connectivity index (χ1n) is 6.70. The average molecular weight is 266 g/mol. The van der Waals surface area contributed by atoms with Crippen LogP contribution in [0.25, 0.3) is 0 Å². The molecular weight excluding hydrogens is 244 g/mol. The maximum Gasteiger partial charge on any atom is 0.233 e. The van der Waals surface area contributed by atoms with Crippen molar-refractivity contribution in [2.45, 2.75) is 18.9 Å². The Kier molecular flexibility index (Phi) is 4.55. The number of aryl methyl sites for hydroxylation is 1. The van der Waals surface area contributed by atoms with E-state index in [1.165, 1.54) is 0 Å². The number of rotatable bonds is 4. The summed E-state index contributed by atoms with van der Waals surface area (Å²) in [5, 5.41) is 13.0. The van der Waals surface area contributed by atoms with Gasteiger partial charge < -0.3 is 15.0 Å². The Hall–Kier alpha value is -1.40. The molecule has 1 aliphatic rings. The van der Waals surface area contributed by atoms with Crippen LogP contribution in [-0.2, 0) is 11.8 Å². The Bertz CT molecular complexity index is 424. The first-order valence-corrected chi connectivity index (χ1v) is 6.70. The molecule has 2 heterocycles. The number of carbonyl (C=O) groups is 1. The van der Waals surface area contributed by atoms with Crippen molar-refractivity contribution >= 4 is 5.91 Å². The van der Waals surface area contributed by atoms with E-state index < -0.39 is 6.10 Å². The van der Waals surface area contributed by atoms with Gasteiger partial charge in [0.2, 0.25) is 5.91 Å². The quantitative estimate of drug-likeness (QED) is 0.799. The van der Waals surface area contributed by atoms with E-state index in [-0.39, 0.29) is 11.8 Å². The summed E-state index contributed by atoms with van der Waals surface area (Å²) in [5.74, 6) is 0.995. The molecule has 1 amide bonds. The van der Waals surface area contributed by atoms with Crippen molar-refractivity contribution in [2.24, 2.45) is 13.0 Å². The van der Waals surface area contributed by atoms with Crippen molar-refractivity contribution in [3.05, 3.63) is 18.2 Å². The fourth-order valence-electron chi connectivity index (χ4n) is 2.58. The molecule has 0 radical (unpaired) electrons. The summed E-state index contributed by atoms with van der Waals surface area (Å²) in [4.78, 5) is 17.6. The standard InChI is InChI=1S/C13H22N4O2/c1-14-11(18)9-17-6-3-10(4-7-17)12(19)13-15-5-8-16(13)2/h5,8,10,12,19H,3-4,6-7,9H2,1-2H3,(H,14,18). The number of nitrogens with one attached hydrogen (secondary N) is 1. The van der Waals surface area contributed by atoms with Crippen LogP contribution in [0.1, 0.15) is 24.8 Å². The summed E-state index contributed by atoms with van der Waals surface area (Å²) >= 11 is 0. The Balaban J connectivity index is 1.86. The lowest BCUT2D eigenvalue weighted by Crippen LogP contribution is -2.41. The van der Waals surface area contributed by atoms with Gasteiger partial charge in [0.25, 0.3) is 0 Å². The first kappa shape index (κ1) is 14.0. The summed E-state index contributed by atoms with van der Waals surface area (Å²) < 4.78 is 1.86. The highest BCUT2D eigenvalue weighted by Gasteiger charge is 2.28. The van der Waals surface area contributed by atoms with Crippen LogP contribution < -0.4 is 5.32 Å². The van der Waals surface area contributed by atoms with Gasteiger partial charge in [0.1, 0.15) is 11.9 Å². The molecule has 2 rings (SSSR count). The topological polar surface area (TPSA) is 70.4 Å². The summed E-state index contributed by atoms with van der Waals surface area (Å²) in [6.07, 6.45) is 4.83. The lowest BCUT2D eigenvalue weighted by molar-refractivity contribution is -0.122. The van der Waals surface area contributed by atoms with E-state index in [0.29, 0.717) is 6.54 Å². The van der Waals surface area contributed by atoms with E-state index in [1.54, 1.807) is 13.2 Å². The molecule has 6 heteroatoms. The van der Waals surface area contributed by atoms with E-state index in [2.05, 4.69) is 15.2 Å². The predicted octanol–water partition coefficient (Wildman–Crippen LogP) is -0.0885. The third kappa shape index (κ3) is 3.33. The Morgan fingerprint density at radius 1 is 1.58 bits per heavy atom. The SMILES string of the molecule is CNC(=O)CN1CCC(C(O)c2nccn2C)CC1. The normalized spacial score (nSPS) is 19.3. The first-order chi connectivity index (χ1) is 9.11. The number of likely N-dealkylation sites (tertiary alicyclic amines) is 1. The van der Waals surface area contributed by atoms with Gasteiger partial charge >= 0.3 is 0 Å². The molecule has 1 aromatic rings. The number of carbonyl (C=O) groups excluding carboxylic acids is 1. The molecule has 2 N–H and O–H groups in total. The highest BCUT2D eigenvalue weighted by atomic mass is 16.3. The zero-order valence-corrected chi connectivity index (χ0v) is 11.5. The van der Waals surface area contributed by atoms with Gasteiger partial charge in [-0.1, -0.05) is 0 Å². The zero-order valence-electron chi connectivity index (χ0n) is 11.5. The fraction of sp³-hybridized carbons (Fsp3) is 0.692. The molecule has 1 atom stereocenters. The lowest BCUT2D eigenvalue weighted by Gasteiger charge is -2.33. The number of nitrogens with zero attached hydrogens (tertiary/aromatic N) is 3. The second kappa shape index (κ2) is 6.16. The number of hydrogen-bond acceptors (Lipinski definition) is 4. The maximum absolute atomic E-state index is 11.3. The lowest BCUT2D eigenvalue weighted by atomic mass is 9.90. The van der Waals surface area contributed by atoms with Gasteiger partial charge in [-0.3, -0.25) is 9.69 Å². The monoisotopic (exact) mass is 266 g/mol.